The van der Waals surface area contributed by atoms with Gasteiger partial charge in [-0.05, 0) is 6.07 Å². The zero-order valence-corrected chi connectivity index (χ0v) is 9.80. The Morgan fingerprint density at radius 3 is 2.55 bits per heavy atom. The molecule has 0 bridgehead atoms. The lowest BCUT2D eigenvalue weighted by molar-refractivity contribution is -0.387. The number of carbonyl (C=O) groups excluding carboxylic acids is 2. The molecule has 1 rings (SSSR count). The molecule has 1 unspecified atom stereocenters. The van der Waals surface area contributed by atoms with E-state index in [1.54, 1.807) is 0 Å². The Hall–Kier alpha value is -2.62. The number of aliphatic hydroxyl groups is 1. The summed E-state index contributed by atoms with van der Waals surface area (Å²) in [5, 5.41) is 21.4. The zero-order valence-electron chi connectivity index (χ0n) is 9.80. The molecular formula is C10H9F2N3O5. The lowest BCUT2D eigenvalue weighted by Gasteiger charge is -2.09. The van der Waals surface area contributed by atoms with E-state index in [4.69, 9.17) is 10.8 Å². The predicted octanol–water partition coefficient (Wildman–Crippen LogP) is -0.551. The second-order valence-electron chi connectivity index (χ2n) is 3.67. The van der Waals surface area contributed by atoms with Crippen LogP contribution in [0.3, 0.4) is 0 Å². The van der Waals surface area contributed by atoms with Crippen LogP contribution in [0.5, 0.6) is 0 Å². The zero-order chi connectivity index (χ0) is 15.4. The highest BCUT2D eigenvalue weighted by atomic mass is 19.1. The minimum atomic E-state index is -1.72. The van der Waals surface area contributed by atoms with Crippen molar-refractivity contribution in [3.05, 3.63) is 39.4 Å². The van der Waals surface area contributed by atoms with Crippen LogP contribution in [-0.4, -0.2) is 34.5 Å². The lowest BCUT2D eigenvalue weighted by Crippen LogP contribution is -2.40. The summed E-state index contributed by atoms with van der Waals surface area (Å²) < 4.78 is 26.7. The minimum absolute atomic E-state index is 0.324. The van der Waals surface area contributed by atoms with Gasteiger partial charge in [0.1, 0.15) is 11.9 Å². The van der Waals surface area contributed by atoms with E-state index < -0.39 is 52.3 Å². The van der Waals surface area contributed by atoms with Crippen LogP contribution in [0.15, 0.2) is 12.1 Å². The summed E-state index contributed by atoms with van der Waals surface area (Å²) in [7, 11) is 0. The van der Waals surface area contributed by atoms with Crippen LogP contribution in [0.2, 0.25) is 0 Å². The highest BCUT2D eigenvalue weighted by Gasteiger charge is 2.24. The largest absolute Gasteiger partial charge is 0.381 e. The van der Waals surface area contributed by atoms with Crippen molar-refractivity contribution in [3.8, 4) is 0 Å². The number of carbonyl (C=O) groups is 2. The summed E-state index contributed by atoms with van der Waals surface area (Å²) in [5.74, 6) is -5.07. The maximum absolute atomic E-state index is 13.6. The third-order valence-corrected chi connectivity index (χ3v) is 2.24. The van der Waals surface area contributed by atoms with Gasteiger partial charge >= 0.3 is 5.69 Å². The third kappa shape index (κ3) is 3.45. The molecule has 8 nitrogen and oxygen atoms in total. The van der Waals surface area contributed by atoms with Crippen LogP contribution in [0, 0.1) is 21.7 Å². The van der Waals surface area contributed by atoms with Gasteiger partial charge in [-0.2, -0.15) is 4.39 Å². The molecule has 2 amide bonds. The quantitative estimate of drug-likeness (QED) is 0.493. The summed E-state index contributed by atoms with van der Waals surface area (Å²) in [6.07, 6.45) is -1.72. The van der Waals surface area contributed by atoms with Gasteiger partial charge in [0, 0.05) is 0 Å². The maximum Gasteiger partial charge on any atom is 0.308 e. The number of primary amides is 1. The number of benzene rings is 1. The second kappa shape index (κ2) is 6.02. The monoisotopic (exact) mass is 289 g/mol. The van der Waals surface area contributed by atoms with Crippen molar-refractivity contribution in [2.24, 2.45) is 5.73 Å². The molecule has 0 aliphatic heterocycles. The van der Waals surface area contributed by atoms with Gasteiger partial charge in [-0.15, -0.1) is 0 Å². The van der Waals surface area contributed by atoms with Crippen molar-refractivity contribution >= 4 is 17.5 Å². The molecule has 0 saturated heterocycles. The van der Waals surface area contributed by atoms with E-state index in [-0.39, 0.29) is 0 Å². The number of nitrogens with one attached hydrogen (secondary N) is 1. The van der Waals surface area contributed by atoms with Crippen molar-refractivity contribution in [2.45, 2.75) is 6.10 Å². The molecule has 0 aromatic heterocycles. The van der Waals surface area contributed by atoms with Crippen LogP contribution >= 0.6 is 0 Å². The normalized spacial score (nSPS) is 11.8. The number of halogens is 2. The molecule has 20 heavy (non-hydrogen) atoms. The number of hydrogen-bond donors (Lipinski definition) is 3. The van der Waals surface area contributed by atoms with Crippen molar-refractivity contribution < 1.29 is 28.4 Å². The number of nitro groups is 1. The third-order valence-electron chi connectivity index (χ3n) is 2.24. The Kier molecular flexibility index (Phi) is 4.64. The van der Waals surface area contributed by atoms with E-state index >= 15 is 0 Å². The number of aliphatic hydroxyl groups excluding tert-OH is 1. The molecule has 108 valence electrons. The smallest absolute Gasteiger partial charge is 0.308 e. The van der Waals surface area contributed by atoms with Gasteiger partial charge in [-0.3, -0.25) is 19.7 Å². The number of nitrogens with two attached hydrogens (primary N) is 1. The minimum Gasteiger partial charge on any atom is -0.381 e. The highest BCUT2D eigenvalue weighted by molar-refractivity contribution is 5.95. The Bertz CT molecular complexity index is 578. The highest BCUT2D eigenvalue weighted by Crippen LogP contribution is 2.22. The molecule has 0 radical (unpaired) electrons. The molecule has 0 fully saturated rings. The molecule has 1 aromatic rings. The SMILES string of the molecule is NC(=O)C(O)CNC(=O)c1cc(F)cc([N+](=O)[O-])c1F. The van der Waals surface area contributed by atoms with Gasteiger partial charge in [0.25, 0.3) is 5.91 Å². The summed E-state index contributed by atoms with van der Waals surface area (Å²) in [4.78, 5) is 31.3. The van der Waals surface area contributed by atoms with Crippen LogP contribution in [0.1, 0.15) is 10.4 Å². The molecule has 0 spiro atoms. The Labute approximate surface area is 110 Å². The van der Waals surface area contributed by atoms with Gasteiger partial charge in [0.15, 0.2) is 0 Å². The van der Waals surface area contributed by atoms with Crippen molar-refractivity contribution in [1.29, 1.82) is 0 Å². The van der Waals surface area contributed by atoms with E-state index in [0.29, 0.717) is 12.1 Å². The molecule has 0 aliphatic rings. The summed E-state index contributed by atoms with van der Waals surface area (Å²) in [6, 6.07) is 0.776. The average Bonchev–Trinajstić information content (AvgIpc) is 2.37. The number of hydrogen-bond acceptors (Lipinski definition) is 5. The molecule has 0 saturated carbocycles. The number of amides is 2. The first-order valence-corrected chi connectivity index (χ1v) is 5.13. The van der Waals surface area contributed by atoms with Gasteiger partial charge in [0.05, 0.1) is 23.1 Å². The van der Waals surface area contributed by atoms with E-state index in [0.717, 1.165) is 0 Å². The van der Waals surface area contributed by atoms with E-state index in [1.165, 1.54) is 0 Å². The standard InChI is InChI=1S/C10H9F2N3O5/c11-4-1-5(8(12)6(2-4)15(19)20)10(18)14-3-7(16)9(13)17/h1-2,7,16H,3H2,(H2,13,17)(H,14,18). The molecule has 4 N–H and O–H groups in total. The topological polar surface area (TPSA) is 136 Å². The first-order chi connectivity index (χ1) is 9.23. The van der Waals surface area contributed by atoms with Gasteiger partial charge in [-0.25, -0.2) is 4.39 Å². The number of nitrogens with zero attached hydrogens (tertiary/aromatic N) is 1. The summed E-state index contributed by atoms with van der Waals surface area (Å²) in [6.45, 7) is -0.641. The fourth-order valence-corrected chi connectivity index (χ4v) is 1.26. The molecule has 0 heterocycles. The van der Waals surface area contributed by atoms with Crippen molar-refractivity contribution in [1.82, 2.24) is 5.32 Å². The summed E-state index contributed by atoms with van der Waals surface area (Å²) in [5.41, 5.74) is 2.59. The van der Waals surface area contributed by atoms with Crippen LogP contribution in [-0.2, 0) is 4.79 Å². The van der Waals surface area contributed by atoms with Crippen LogP contribution < -0.4 is 11.1 Å². The molecule has 1 aromatic carbocycles. The number of nitro benzene ring substituents is 1. The van der Waals surface area contributed by atoms with Gasteiger partial charge in [-0.1, -0.05) is 0 Å². The molecule has 10 heteroatoms. The Morgan fingerprint density at radius 2 is 2.05 bits per heavy atom. The van der Waals surface area contributed by atoms with Crippen molar-refractivity contribution in [2.75, 3.05) is 6.54 Å². The van der Waals surface area contributed by atoms with Crippen molar-refractivity contribution in [3.63, 3.8) is 0 Å². The number of rotatable bonds is 5. The van der Waals surface area contributed by atoms with E-state index in [9.17, 15) is 28.5 Å². The fourth-order valence-electron chi connectivity index (χ4n) is 1.26. The Balaban J connectivity index is 2.99. The maximum atomic E-state index is 13.6. The van der Waals surface area contributed by atoms with E-state index in [1.807, 2.05) is 5.32 Å². The molecule has 0 aliphatic carbocycles. The van der Waals surface area contributed by atoms with Crippen LogP contribution in [0.4, 0.5) is 14.5 Å². The van der Waals surface area contributed by atoms with E-state index in [2.05, 4.69) is 0 Å². The average molecular weight is 289 g/mol. The first kappa shape index (κ1) is 15.4. The fraction of sp³-hybridized carbons (Fsp3) is 0.200. The first-order valence-electron chi connectivity index (χ1n) is 5.13. The molecular weight excluding hydrogens is 280 g/mol. The van der Waals surface area contributed by atoms with Gasteiger partial charge in [0.2, 0.25) is 11.7 Å². The van der Waals surface area contributed by atoms with Crippen LogP contribution in [0.25, 0.3) is 0 Å². The van der Waals surface area contributed by atoms with Gasteiger partial charge < -0.3 is 16.2 Å². The molecule has 1 atom stereocenters. The second-order valence-corrected chi connectivity index (χ2v) is 3.67. The Morgan fingerprint density at radius 1 is 1.45 bits per heavy atom. The summed E-state index contributed by atoms with van der Waals surface area (Å²) >= 11 is 0. The predicted molar refractivity (Wildman–Crippen MR) is 60.5 cm³/mol. The lowest BCUT2D eigenvalue weighted by atomic mass is 10.1.